The Balaban J connectivity index is 1.52. The van der Waals surface area contributed by atoms with Gasteiger partial charge in [-0.1, -0.05) is 42.2 Å². The second-order valence-corrected chi connectivity index (χ2v) is 11.2. The van der Waals surface area contributed by atoms with E-state index in [1.54, 1.807) is 23.1 Å². The molecule has 2 aliphatic heterocycles. The number of thiocarbonyl (C=S) groups is 1. The molecule has 2 aromatic heterocycles. The van der Waals surface area contributed by atoms with Gasteiger partial charge in [-0.3, -0.25) is 9.69 Å². The zero-order valence-corrected chi connectivity index (χ0v) is 18.6. The number of furan rings is 1. The van der Waals surface area contributed by atoms with Crippen LogP contribution in [-0.4, -0.2) is 50.9 Å². The van der Waals surface area contributed by atoms with Gasteiger partial charge in [0.05, 0.1) is 34.4 Å². The number of hydrogen-bond acceptors (Lipinski definition) is 7. The minimum Gasteiger partial charge on any atom is -0.463 e. The Morgan fingerprint density at radius 1 is 1.19 bits per heavy atom. The summed E-state index contributed by atoms with van der Waals surface area (Å²) in [5.74, 6) is 0.351. The number of hydrogen-bond donors (Lipinski definition) is 0. The van der Waals surface area contributed by atoms with Crippen LogP contribution in [0.1, 0.15) is 12.0 Å². The highest BCUT2D eigenvalue weighted by molar-refractivity contribution is 8.26. The van der Waals surface area contributed by atoms with Gasteiger partial charge >= 0.3 is 0 Å². The first kappa shape index (κ1) is 20.2. The lowest BCUT2D eigenvalue weighted by Crippen LogP contribution is -2.39. The Morgan fingerprint density at radius 3 is 2.68 bits per heavy atom. The van der Waals surface area contributed by atoms with Crippen molar-refractivity contribution in [3.05, 3.63) is 65.4 Å². The maximum Gasteiger partial charge on any atom is 0.266 e. The molecule has 0 bridgehead atoms. The van der Waals surface area contributed by atoms with E-state index in [1.807, 2.05) is 42.6 Å². The number of amides is 1. The van der Waals surface area contributed by atoms with E-state index < -0.39 is 15.9 Å². The molecule has 7 nitrogen and oxygen atoms in total. The summed E-state index contributed by atoms with van der Waals surface area (Å²) in [7, 11) is -3.13. The van der Waals surface area contributed by atoms with Crippen molar-refractivity contribution in [1.82, 2.24) is 14.7 Å². The average molecular weight is 472 g/mol. The van der Waals surface area contributed by atoms with Crippen LogP contribution in [-0.2, 0) is 14.6 Å². The SMILES string of the molecule is O=C1/C(=C\c2cn(-c3ccccc3)nc2-c2ccco2)SC(=S)N1[C@@H]1CCS(=O)(=O)C1. The fourth-order valence-corrected chi connectivity index (χ4v) is 6.82. The summed E-state index contributed by atoms with van der Waals surface area (Å²) in [6.07, 6.45) is 5.55. The molecule has 2 saturated heterocycles. The summed E-state index contributed by atoms with van der Waals surface area (Å²) < 4.78 is 31.4. The molecule has 0 N–H and O–H groups in total. The van der Waals surface area contributed by atoms with Crippen molar-refractivity contribution in [2.45, 2.75) is 12.5 Å². The molecule has 0 unspecified atom stereocenters. The maximum absolute atomic E-state index is 13.1. The van der Waals surface area contributed by atoms with E-state index in [1.165, 1.54) is 16.7 Å². The van der Waals surface area contributed by atoms with Crippen LogP contribution < -0.4 is 0 Å². The summed E-state index contributed by atoms with van der Waals surface area (Å²) in [4.78, 5) is 15.0. The van der Waals surface area contributed by atoms with Crippen molar-refractivity contribution < 1.29 is 17.6 Å². The van der Waals surface area contributed by atoms with Crippen LogP contribution in [0.15, 0.2) is 64.2 Å². The normalized spacial score (nSPS) is 22.0. The van der Waals surface area contributed by atoms with Crippen molar-refractivity contribution in [3.63, 3.8) is 0 Å². The van der Waals surface area contributed by atoms with E-state index in [-0.39, 0.29) is 17.4 Å². The van der Waals surface area contributed by atoms with E-state index in [4.69, 9.17) is 16.6 Å². The monoisotopic (exact) mass is 471 g/mol. The molecule has 1 amide bonds. The molecule has 0 spiro atoms. The van der Waals surface area contributed by atoms with E-state index in [0.717, 1.165) is 5.69 Å². The maximum atomic E-state index is 13.1. The predicted octanol–water partition coefficient (Wildman–Crippen LogP) is 3.52. The number of aromatic nitrogens is 2. The van der Waals surface area contributed by atoms with Gasteiger partial charge in [0.2, 0.25) is 0 Å². The standard InChI is InChI=1S/C21H17N3O4S3/c25-20-18(30-21(29)24(20)16-8-10-31(26,27)13-16)11-14-12-23(15-5-2-1-3-6-15)22-19(14)17-7-4-9-28-17/h1-7,9,11-12,16H,8,10,13H2/b18-11+/t16-/m1/s1. The van der Waals surface area contributed by atoms with Gasteiger partial charge in [0.1, 0.15) is 10.0 Å². The fourth-order valence-electron chi connectivity index (χ4n) is 3.73. The number of carbonyl (C=O) groups excluding carboxylic acids is 1. The molecule has 10 heteroatoms. The Morgan fingerprint density at radius 2 is 2.00 bits per heavy atom. The summed E-state index contributed by atoms with van der Waals surface area (Å²) in [6.45, 7) is 0. The first-order chi connectivity index (χ1) is 14.9. The molecule has 0 saturated carbocycles. The number of carbonyl (C=O) groups is 1. The van der Waals surface area contributed by atoms with Gasteiger partial charge in [0.15, 0.2) is 15.6 Å². The second-order valence-electron chi connectivity index (χ2n) is 7.30. The van der Waals surface area contributed by atoms with Crippen LogP contribution >= 0.6 is 24.0 Å². The number of benzene rings is 1. The van der Waals surface area contributed by atoms with Gasteiger partial charge in [0.25, 0.3) is 5.91 Å². The topological polar surface area (TPSA) is 85.4 Å². The molecule has 0 aliphatic carbocycles. The van der Waals surface area contributed by atoms with Gasteiger partial charge in [-0.2, -0.15) is 5.10 Å². The zero-order valence-electron chi connectivity index (χ0n) is 16.2. The summed E-state index contributed by atoms with van der Waals surface area (Å²) in [6, 6.07) is 12.8. The van der Waals surface area contributed by atoms with Crippen molar-refractivity contribution in [2.24, 2.45) is 0 Å². The summed E-state index contributed by atoms with van der Waals surface area (Å²) in [5, 5.41) is 4.66. The largest absolute Gasteiger partial charge is 0.463 e. The van der Waals surface area contributed by atoms with Crippen LogP contribution in [0.4, 0.5) is 0 Å². The number of nitrogens with zero attached hydrogens (tertiary/aromatic N) is 3. The molecule has 1 atom stereocenters. The third kappa shape index (κ3) is 3.86. The first-order valence-electron chi connectivity index (χ1n) is 9.58. The molecular formula is C21H17N3O4S3. The van der Waals surface area contributed by atoms with Crippen molar-refractivity contribution in [1.29, 1.82) is 0 Å². The molecule has 5 rings (SSSR count). The molecule has 158 valence electrons. The number of thioether (sulfide) groups is 1. The Hall–Kier alpha value is -2.69. The highest BCUT2D eigenvalue weighted by Crippen LogP contribution is 2.37. The fraction of sp³-hybridized carbons (Fsp3) is 0.190. The molecule has 0 radical (unpaired) electrons. The average Bonchev–Trinajstić information content (AvgIpc) is 3.51. The van der Waals surface area contributed by atoms with E-state index in [0.29, 0.717) is 32.7 Å². The Labute approximate surface area is 188 Å². The number of sulfone groups is 1. The lowest BCUT2D eigenvalue weighted by atomic mass is 10.2. The molecule has 2 aliphatic rings. The first-order valence-corrected chi connectivity index (χ1v) is 12.6. The van der Waals surface area contributed by atoms with Crippen LogP contribution in [0.5, 0.6) is 0 Å². The zero-order chi connectivity index (χ0) is 21.6. The van der Waals surface area contributed by atoms with Gasteiger partial charge < -0.3 is 4.42 Å². The quantitative estimate of drug-likeness (QED) is 0.425. The molecule has 31 heavy (non-hydrogen) atoms. The summed E-state index contributed by atoms with van der Waals surface area (Å²) in [5.41, 5.74) is 2.18. The molecular weight excluding hydrogens is 454 g/mol. The third-order valence-corrected chi connectivity index (χ3v) is 8.28. The van der Waals surface area contributed by atoms with Crippen LogP contribution in [0.3, 0.4) is 0 Å². The lowest BCUT2D eigenvalue weighted by Gasteiger charge is -2.20. The Kier molecular flexibility index (Phi) is 5.07. The highest BCUT2D eigenvalue weighted by Gasteiger charge is 2.42. The highest BCUT2D eigenvalue weighted by atomic mass is 32.2. The minimum atomic E-state index is -3.13. The molecule has 2 fully saturated rings. The van der Waals surface area contributed by atoms with E-state index in [9.17, 15) is 13.2 Å². The predicted molar refractivity (Wildman–Crippen MR) is 123 cm³/mol. The van der Waals surface area contributed by atoms with Crippen LogP contribution in [0, 0.1) is 0 Å². The minimum absolute atomic E-state index is 0.0453. The second kappa shape index (κ2) is 7.77. The third-order valence-electron chi connectivity index (χ3n) is 5.20. The van der Waals surface area contributed by atoms with Crippen LogP contribution in [0.25, 0.3) is 23.2 Å². The van der Waals surface area contributed by atoms with Gasteiger partial charge in [-0.05, 0) is 36.8 Å². The smallest absolute Gasteiger partial charge is 0.266 e. The number of rotatable bonds is 4. The van der Waals surface area contributed by atoms with Gasteiger partial charge in [-0.25, -0.2) is 13.1 Å². The molecule has 3 aromatic rings. The number of para-hydroxylation sites is 1. The summed E-state index contributed by atoms with van der Waals surface area (Å²) >= 11 is 6.59. The van der Waals surface area contributed by atoms with Gasteiger partial charge in [0, 0.05) is 11.8 Å². The van der Waals surface area contributed by atoms with Gasteiger partial charge in [-0.15, -0.1) is 0 Å². The van der Waals surface area contributed by atoms with Crippen molar-refractivity contribution >= 4 is 50.1 Å². The lowest BCUT2D eigenvalue weighted by molar-refractivity contribution is -0.123. The molecule has 1 aromatic carbocycles. The van der Waals surface area contributed by atoms with Crippen molar-refractivity contribution in [3.8, 4) is 17.1 Å². The Bertz CT molecular complexity index is 1290. The van der Waals surface area contributed by atoms with Crippen LogP contribution in [0.2, 0.25) is 0 Å². The van der Waals surface area contributed by atoms with E-state index >= 15 is 0 Å². The van der Waals surface area contributed by atoms with Crippen molar-refractivity contribution in [2.75, 3.05) is 11.5 Å². The molecule has 4 heterocycles. The van der Waals surface area contributed by atoms with E-state index in [2.05, 4.69) is 5.10 Å².